The van der Waals surface area contributed by atoms with Gasteiger partial charge in [0.25, 0.3) is 0 Å². The number of hydrogen-bond donors (Lipinski definition) is 14. The molecule has 4 heterocycles. The Morgan fingerprint density at radius 3 is 1.49 bits per heavy atom. The third kappa shape index (κ3) is 9.21. The minimum atomic E-state index is -2.13. The molecule has 304 valence electrons. The summed E-state index contributed by atoms with van der Waals surface area (Å²) in [6.07, 6.45) is -33.3. The number of ether oxygens (including phenoxy) is 6. The first kappa shape index (κ1) is 43.0. The Hall–Kier alpha value is -2.76. The normalized spacial score (nSPS) is 46.3. The predicted molar refractivity (Wildman–Crippen MR) is 161 cm³/mol. The second kappa shape index (κ2) is 17.8. The number of carbonyl (C=O) groups is 4. The summed E-state index contributed by atoms with van der Waals surface area (Å²) in [7, 11) is 0. The van der Waals surface area contributed by atoms with Crippen LogP contribution < -0.4 is 10.6 Å². The number of aliphatic hydroxyl groups excluding tert-OH is 10. The van der Waals surface area contributed by atoms with Crippen molar-refractivity contribution < 1.29 is 109 Å². The van der Waals surface area contributed by atoms with E-state index in [9.17, 15) is 80.5 Å². The van der Waals surface area contributed by atoms with Gasteiger partial charge in [-0.2, -0.15) is 0 Å². The molecule has 14 N–H and O–H groups in total. The summed E-state index contributed by atoms with van der Waals surface area (Å²) in [5.41, 5.74) is 0. The van der Waals surface area contributed by atoms with E-state index >= 15 is 0 Å². The van der Waals surface area contributed by atoms with Crippen LogP contribution in [0.2, 0.25) is 0 Å². The van der Waals surface area contributed by atoms with Gasteiger partial charge in [-0.25, -0.2) is 9.59 Å². The van der Waals surface area contributed by atoms with Crippen LogP contribution in [-0.4, -0.2) is 215 Å². The summed E-state index contributed by atoms with van der Waals surface area (Å²) in [4.78, 5) is 48.3. The largest absolute Gasteiger partial charge is 0.479 e. The van der Waals surface area contributed by atoms with Gasteiger partial charge in [0, 0.05) is 19.8 Å². The number of hydrogen-bond acceptors (Lipinski definition) is 20. The van der Waals surface area contributed by atoms with Crippen LogP contribution >= 0.6 is 0 Å². The van der Waals surface area contributed by atoms with Gasteiger partial charge in [-0.05, 0) is 6.42 Å². The molecule has 0 aromatic rings. The zero-order chi connectivity index (χ0) is 39.6. The van der Waals surface area contributed by atoms with Crippen molar-refractivity contribution in [3.8, 4) is 0 Å². The number of aliphatic hydroxyl groups is 10. The van der Waals surface area contributed by atoms with Crippen LogP contribution in [0.25, 0.3) is 0 Å². The van der Waals surface area contributed by atoms with E-state index in [1.807, 2.05) is 0 Å². The lowest BCUT2D eigenvalue weighted by Gasteiger charge is -2.50. The van der Waals surface area contributed by atoms with Gasteiger partial charge < -0.3 is 100 Å². The van der Waals surface area contributed by atoms with E-state index in [2.05, 4.69) is 10.6 Å². The van der Waals surface area contributed by atoms with Gasteiger partial charge >= 0.3 is 11.9 Å². The molecule has 4 aliphatic rings. The Bertz CT molecular complexity index is 1290. The van der Waals surface area contributed by atoms with Crippen molar-refractivity contribution in [3.63, 3.8) is 0 Å². The van der Waals surface area contributed by atoms with Gasteiger partial charge in [-0.3, -0.25) is 9.59 Å². The SMILES string of the molecule is CC(=O)N[C@@H]1[C@@H](O[C@@H]2O[C@H](C(=O)O)[C@@H](C[C@@H]3O[C@H](CO)[C@@H](O)[C@H](O[C@@H]4O[C@H](C(=O)O)[C@@H](O)[C@H](O)[C@H]4O)[C@H]3NC(C)=O)[C@H](O)[C@H]2O)[C@H](O)[C@@H](CO)O[C@H]1O. The highest BCUT2D eigenvalue weighted by molar-refractivity contribution is 5.74. The molecule has 0 bridgehead atoms. The Morgan fingerprint density at radius 1 is 0.547 bits per heavy atom. The average Bonchev–Trinajstić information content (AvgIpc) is 3.08. The Balaban J connectivity index is 1.62. The number of carboxylic acid groups (broad SMARTS) is 2. The third-order valence-corrected chi connectivity index (χ3v) is 9.49. The van der Waals surface area contributed by atoms with Crippen molar-refractivity contribution in [2.75, 3.05) is 13.2 Å². The van der Waals surface area contributed by atoms with Crippen molar-refractivity contribution in [2.45, 2.75) is 137 Å². The van der Waals surface area contributed by atoms with E-state index in [-0.39, 0.29) is 0 Å². The fourth-order valence-corrected chi connectivity index (χ4v) is 6.87. The lowest BCUT2D eigenvalue weighted by Crippen LogP contribution is -2.69. The number of amides is 2. The van der Waals surface area contributed by atoms with Crippen LogP contribution in [0.4, 0.5) is 0 Å². The maximum absolute atomic E-state index is 12.5. The van der Waals surface area contributed by atoms with E-state index in [1.165, 1.54) is 0 Å². The molecule has 0 aliphatic carbocycles. The molecule has 0 saturated carbocycles. The molecule has 4 saturated heterocycles. The molecular weight excluding hydrogens is 728 g/mol. The molecule has 0 radical (unpaired) electrons. The maximum atomic E-state index is 12.5. The van der Waals surface area contributed by atoms with Crippen LogP contribution in [0, 0.1) is 5.92 Å². The van der Waals surface area contributed by atoms with Crippen molar-refractivity contribution in [1.82, 2.24) is 10.6 Å². The molecule has 24 nitrogen and oxygen atoms in total. The lowest BCUT2D eigenvalue weighted by atomic mass is 9.80. The Morgan fingerprint density at radius 2 is 1.00 bits per heavy atom. The Labute approximate surface area is 299 Å². The van der Waals surface area contributed by atoms with Crippen molar-refractivity contribution >= 4 is 23.8 Å². The van der Waals surface area contributed by atoms with E-state index in [0.717, 1.165) is 13.8 Å². The van der Waals surface area contributed by atoms with Gasteiger partial charge in [-0.15, -0.1) is 0 Å². The Kier molecular flexibility index (Phi) is 14.4. The van der Waals surface area contributed by atoms with Crippen LogP contribution in [0.3, 0.4) is 0 Å². The number of carboxylic acids is 2. The van der Waals surface area contributed by atoms with E-state index in [0.29, 0.717) is 0 Å². The molecule has 0 aromatic heterocycles. The standard InChI is InChI=1S/C29H46N2O22/c1-6(34)30-12-9(48-10(4-32)15(37)22(12)51-29-20(42)17(39)18(40)24(53-29)26(45)46)3-8-14(36)19(41)28(50-21(8)25(43)44)52-23-13(31-7(2)35)27(47)49-11(5-33)16(23)38/h8-24,27-29,32-33,36-42,47H,3-5H2,1-2H3,(H,30,34)(H,31,35)(H,43,44)(H,45,46)/t8-,9-,10+,11+,12-,13+,14-,15+,16+,17-,18-,19+,20+,21-,22+,23+,24-,27+,28-,29+/m0/s1. The molecule has 24 heteroatoms. The lowest BCUT2D eigenvalue weighted by molar-refractivity contribution is -0.337. The molecule has 0 unspecified atom stereocenters. The number of aliphatic carboxylic acids is 2. The summed E-state index contributed by atoms with van der Waals surface area (Å²) in [6.45, 7) is 0.288. The van der Waals surface area contributed by atoms with Gasteiger partial charge in [0.1, 0.15) is 67.1 Å². The topological polar surface area (TPSA) is 390 Å². The summed E-state index contributed by atoms with van der Waals surface area (Å²) < 4.78 is 32.8. The van der Waals surface area contributed by atoms with Crippen molar-refractivity contribution in [2.24, 2.45) is 5.92 Å². The zero-order valence-corrected chi connectivity index (χ0v) is 28.1. The fourth-order valence-electron chi connectivity index (χ4n) is 6.87. The second-order valence-electron chi connectivity index (χ2n) is 13.2. The highest BCUT2D eigenvalue weighted by atomic mass is 16.7. The smallest absolute Gasteiger partial charge is 0.335 e. The van der Waals surface area contributed by atoms with Crippen molar-refractivity contribution in [3.05, 3.63) is 0 Å². The molecule has 53 heavy (non-hydrogen) atoms. The first-order chi connectivity index (χ1) is 24.8. The van der Waals surface area contributed by atoms with Crippen LogP contribution in [0.5, 0.6) is 0 Å². The molecule has 4 fully saturated rings. The first-order valence-corrected chi connectivity index (χ1v) is 16.4. The van der Waals surface area contributed by atoms with Gasteiger partial charge in [-0.1, -0.05) is 0 Å². The summed E-state index contributed by atoms with van der Waals surface area (Å²) >= 11 is 0. The van der Waals surface area contributed by atoms with Crippen molar-refractivity contribution in [1.29, 1.82) is 0 Å². The van der Waals surface area contributed by atoms with E-state index in [1.54, 1.807) is 0 Å². The third-order valence-electron chi connectivity index (χ3n) is 9.49. The monoisotopic (exact) mass is 774 g/mol. The quantitative estimate of drug-likeness (QED) is 0.0875. The van der Waals surface area contributed by atoms with Crippen LogP contribution in [-0.2, 0) is 47.6 Å². The van der Waals surface area contributed by atoms with Gasteiger partial charge in [0.2, 0.25) is 11.8 Å². The molecule has 20 atom stereocenters. The fraction of sp³-hybridized carbons (Fsp3) is 0.862. The highest BCUT2D eigenvalue weighted by Gasteiger charge is 2.56. The molecule has 4 aliphatic heterocycles. The van der Waals surface area contributed by atoms with E-state index < -0.39 is 166 Å². The number of nitrogens with one attached hydrogen (secondary N) is 2. The average molecular weight is 775 g/mol. The molecule has 2 amide bonds. The number of rotatable bonds is 12. The molecule has 0 aromatic carbocycles. The molecular formula is C29H46N2O22. The second-order valence-corrected chi connectivity index (χ2v) is 13.2. The number of carbonyl (C=O) groups excluding carboxylic acids is 2. The summed E-state index contributed by atoms with van der Waals surface area (Å²) in [6, 6.07) is -3.12. The maximum Gasteiger partial charge on any atom is 0.335 e. The molecule has 0 spiro atoms. The predicted octanol–water partition coefficient (Wildman–Crippen LogP) is -8.61. The van der Waals surface area contributed by atoms with Gasteiger partial charge in [0.15, 0.2) is 31.1 Å². The minimum Gasteiger partial charge on any atom is -0.479 e. The summed E-state index contributed by atoms with van der Waals surface area (Å²) in [5.74, 6) is -6.69. The first-order valence-electron chi connectivity index (χ1n) is 16.4. The van der Waals surface area contributed by atoms with Crippen LogP contribution in [0.1, 0.15) is 20.3 Å². The van der Waals surface area contributed by atoms with E-state index in [4.69, 9.17) is 28.4 Å². The summed E-state index contributed by atoms with van der Waals surface area (Å²) in [5, 5.41) is 129. The zero-order valence-electron chi connectivity index (χ0n) is 28.1. The van der Waals surface area contributed by atoms with Crippen LogP contribution in [0.15, 0.2) is 0 Å². The minimum absolute atomic E-state index is 0.664. The van der Waals surface area contributed by atoms with Gasteiger partial charge in [0.05, 0.1) is 31.5 Å². The molecule has 4 rings (SSSR count). The highest BCUT2D eigenvalue weighted by Crippen LogP contribution is 2.37.